The number of rotatable bonds is 1. The molecule has 58 valence electrons. The van der Waals surface area contributed by atoms with Crippen molar-refractivity contribution in [1.29, 1.82) is 0 Å². The molecular formula is C6H11FN2S. The first-order chi connectivity index (χ1) is 4.72. The van der Waals surface area contributed by atoms with Crippen LogP contribution in [-0.2, 0) is 0 Å². The average Bonchev–Trinajstić information content (AvgIpc) is 1.85. The highest BCUT2D eigenvalue weighted by atomic mass is 32.2. The molecule has 0 fully saturated rings. The third-order valence-electron chi connectivity index (χ3n) is 1.41. The number of hydrogen-bond donors (Lipinski definition) is 1. The van der Waals surface area contributed by atoms with Crippen LogP contribution in [0.3, 0.4) is 0 Å². The van der Waals surface area contributed by atoms with Crippen molar-refractivity contribution in [2.45, 2.75) is 24.6 Å². The standard InChI is InChI=1S/C6H11FN2S/c1-4-2-5(3-7)10-6(8)9-4/h4-5H,2-3H2,1H3,(H2,8,9)/t4-,5-/m0/s1. The Labute approximate surface area is 64.1 Å². The second-order valence-corrected chi connectivity index (χ2v) is 3.77. The van der Waals surface area contributed by atoms with Crippen LogP contribution in [0.5, 0.6) is 0 Å². The molecule has 0 saturated heterocycles. The summed E-state index contributed by atoms with van der Waals surface area (Å²) in [4.78, 5) is 4.07. The van der Waals surface area contributed by atoms with Crippen molar-refractivity contribution in [3.05, 3.63) is 0 Å². The van der Waals surface area contributed by atoms with Gasteiger partial charge in [-0.1, -0.05) is 11.8 Å². The molecule has 0 unspecified atom stereocenters. The maximum absolute atomic E-state index is 12.1. The number of hydrogen-bond acceptors (Lipinski definition) is 3. The molecule has 1 heterocycles. The summed E-state index contributed by atoms with van der Waals surface area (Å²) in [6, 6.07) is 0.196. The topological polar surface area (TPSA) is 38.4 Å². The van der Waals surface area contributed by atoms with E-state index in [1.807, 2.05) is 6.92 Å². The van der Waals surface area contributed by atoms with Crippen molar-refractivity contribution >= 4 is 16.9 Å². The van der Waals surface area contributed by atoms with Crippen LogP contribution in [-0.4, -0.2) is 23.1 Å². The summed E-state index contributed by atoms with van der Waals surface area (Å²) < 4.78 is 12.1. The molecule has 0 aromatic carbocycles. The highest BCUT2D eigenvalue weighted by Crippen LogP contribution is 2.23. The van der Waals surface area contributed by atoms with Crippen LogP contribution in [0.1, 0.15) is 13.3 Å². The highest BCUT2D eigenvalue weighted by Gasteiger charge is 2.19. The largest absolute Gasteiger partial charge is 0.379 e. The lowest BCUT2D eigenvalue weighted by molar-refractivity contribution is 0.456. The number of nitrogens with two attached hydrogens (primary N) is 1. The SMILES string of the molecule is C[C@H]1C[C@@H](CF)SC(N)=N1. The number of thioether (sulfide) groups is 1. The van der Waals surface area contributed by atoms with Crippen molar-refractivity contribution < 1.29 is 4.39 Å². The van der Waals surface area contributed by atoms with Crippen LogP contribution in [0.25, 0.3) is 0 Å². The number of aliphatic imine (C=N–C) groups is 1. The second kappa shape index (κ2) is 3.23. The molecule has 2 atom stereocenters. The fourth-order valence-corrected chi connectivity index (χ4v) is 2.01. The molecule has 0 saturated carbocycles. The molecule has 2 N–H and O–H groups in total. The lowest BCUT2D eigenvalue weighted by Gasteiger charge is -2.20. The van der Waals surface area contributed by atoms with Crippen molar-refractivity contribution in [1.82, 2.24) is 0 Å². The molecule has 4 heteroatoms. The predicted octanol–water partition coefficient (Wildman–Crippen LogP) is 1.16. The monoisotopic (exact) mass is 162 g/mol. The molecular weight excluding hydrogens is 151 g/mol. The van der Waals surface area contributed by atoms with Gasteiger partial charge in [0.05, 0.1) is 6.04 Å². The summed E-state index contributed by atoms with van der Waals surface area (Å²) in [5.74, 6) is 0. The molecule has 10 heavy (non-hydrogen) atoms. The highest BCUT2D eigenvalue weighted by molar-refractivity contribution is 8.14. The second-order valence-electron chi connectivity index (χ2n) is 2.45. The van der Waals surface area contributed by atoms with Gasteiger partial charge in [-0.25, -0.2) is 4.39 Å². The van der Waals surface area contributed by atoms with Crippen LogP contribution in [0, 0.1) is 0 Å². The Morgan fingerprint density at radius 2 is 2.60 bits per heavy atom. The molecule has 1 rings (SSSR count). The lowest BCUT2D eigenvalue weighted by Crippen LogP contribution is -2.25. The van der Waals surface area contributed by atoms with Crippen LogP contribution in [0.4, 0.5) is 4.39 Å². The Hall–Kier alpha value is -0.250. The van der Waals surface area contributed by atoms with Gasteiger partial charge in [-0.2, -0.15) is 0 Å². The summed E-state index contributed by atoms with van der Waals surface area (Å²) in [5, 5.41) is 0.564. The van der Waals surface area contributed by atoms with E-state index in [4.69, 9.17) is 5.73 Å². The third kappa shape index (κ3) is 1.87. The first kappa shape index (κ1) is 7.85. The van der Waals surface area contributed by atoms with Crippen molar-refractivity contribution in [3.63, 3.8) is 0 Å². The lowest BCUT2D eigenvalue weighted by atomic mass is 10.2. The first-order valence-corrected chi connectivity index (χ1v) is 4.16. The molecule has 0 amide bonds. The predicted molar refractivity (Wildman–Crippen MR) is 43.1 cm³/mol. The third-order valence-corrected chi connectivity index (χ3v) is 2.41. The van der Waals surface area contributed by atoms with Gasteiger partial charge in [-0.05, 0) is 13.3 Å². The molecule has 0 bridgehead atoms. The Morgan fingerprint density at radius 3 is 3.10 bits per heavy atom. The summed E-state index contributed by atoms with van der Waals surface area (Å²) in [7, 11) is 0. The van der Waals surface area contributed by atoms with Crippen molar-refractivity contribution in [2.24, 2.45) is 10.7 Å². The minimum absolute atomic E-state index is 0.0347. The molecule has 1 aliphatic heterocycles. The number of amidine groups is 1. The fraction of sp³-hybridized carbons (Fsp3) is 0.833. The summed E-state index contributed by atoms with van der Waals surface area (Å²) in [6.45, 7) is 1.65. The molecule has 0 aliphatic carbocycles. The van der Waals surface area contributed by atoms with Gasteiger partial charge in [0.25, 0.3) is 0 Å². The Kier molecular flexibility index (Phi) is 2.54. The Morgan fingerprint density at radius 1 is 1.90 bits per heavy atom. The number of alkyl halides is 1. The van der Waals surface area contributed by atoms with Crippen LogP contribution < -0.4 is 5.73 Å². The van der Waals surface area contributed by atoms with Gasteiger partial charge in [0.2, 0.25) is 0 Å². The van der Waals surface area contributed by atoms with E-state index < -0.39 is 0 Å². The maximum Gasteiger partial charge on any atom is 0.154 e. The summed E-state index contributed by atoms with van der Waals surface area (Å²) in [5.41, 5.74) is 5.44. The van der Waals surface area contributed by atoms with E-state index in [9.17, 15) is 4.39 Å². The minimum atomic E-state index is -0.300. The van der Waals surface area contributed by atoms with E-state index in [0.29, 0.717) is 5.17 Å². The smallest absolute Gasteiger partial charge is 0.154 e. The molecule has 0 radical (unpaired) electrons. The maximum atomic E-state index is 12.1. The number of nitrogens with zero attached hydrogens (tertiary/aromatic N) is 1. The van der Waals surface area contributed by atoms with E-state index in [-0.39, 0.29) is 18.0 Å². The zero-order chi connectivity index (χ0) is 7.56. The molecule has 0 spiro atoms. The van der Waals surface area contributed by atoms with Crippen LogP contribution >= 0.6 is 11.8 Å². The van der Waals surface area contributed by atoms with Gasteiger partial charge in [0.15, 0.2) is 5.17 Å². The van der Waals surface area contributed by atoms with E-state index in [1.54, 1.807) is 0 Å². The van der Waals surface area contributed by atoms with Gasteiger partial charge in [0, 0.05) is 5.25 Å². The van der Waals surface area contributed by atoms with Gasteiger partial charge < -0.3 is 5.73 Å². The van der Waals surface area contributed by atoms with Crippen molar-refractivity contribution in [2.75, 3.05) is 6.67 Å². The van der Waals surface area contributed by atoms with E-state index in [0.717, 1.165) is 6.42 Å². The molecule has 0 aromatic rings. The van der Waals surface area contributed by atoms with Gasteiger partial charge in [0.1, 0.15) is 6.67 Å². The van der Waals surface area contributed by atoms with E-state index in [1.165, 1.54) is 11.8 Å². The quantitative estimate of drug-likeness (QED) is 0.628. The van der Waals surface area contributed by atoms with Gasteiger partial charge in [-0.15, -0.1) is 0 Å². The van der Waals surface area contributed by atoms with Crippen molar-refractivity contribution in [3.8, 4) is 0 Å². The minimum Gasteiger partial charge on any atom is -0.379 e. The summed E-state index contributed by atoms with van der Waals surface area (Å²) >= 11 is 1.34. The normalized spacial score (nSPS) is 33.6. The van der Waals surface area contributed by atoms with Gasteiger partial charge in [-0.3, -0.25) is 4.99 Å². The number of halogens is 1. The van der Waals surface area contributed by atoms with E-state index in [2.05, 4.69) is 4.99 Å². The summed E-state index contributed by atoms with van der Waals surface area (Å²) in [6.07, 6.45) is 0.807. The van der Waals surface area contributed by atoms with E-state index >= 15 is 0 Å². The first-order valence-electron chi connectivity index (χ1n) is 3.28. The van der Waals surface area contributed by atoms with Crippen LogP contribution in [0.2, 0.25) is 0 Å². The van der Waals surface area contributed by atoms with Gasteiger partial charge >= 0.3 is 0 Å². The Balaban J connectivity index is 2.52. The van der Waals surface area contributed by atoms with Crippen LogP contribution in [0.15, 0.2) is 4.99 Å². The fourth-order valence-electron chi connectivity index (χ4n) is 0.994. The molecule has 1 aliphatic rings. The zero-order valence-electron chi connectivity index (χ0n) is 5.88. The molecule has 0 aromatic heterocycles. The Bertz CT molecular complexity index is 149. The average molecular weight is 162 g/mol. The molecule has 2 nitrogen and oxygen atoms in total. The zero-order valence-corrected chi connectivity index (χ0v) is 6.70.